The Morgan fingerprint density at radius 2 is 1.87 bits per heavy atom. The standard InChI is InChI=1S/C20H23N5O3S2/c1-13-3-4-14(2)18-17(13)22-20(30-18)24-11-9-23(10-12-24)8-7-21-19(26)15-5-6-16(29-15)25(27)28/h3-6H,7-12H2,1-2H3,(H,21,26). The number of hydrogen-bond donors (Lipinski definition) is 1. The number of anilines is 1. The van der Waals surface area contributed by atoms with Crippen LogP contribution < -0.4 is 10.2 Å². The van der Waals surface area contributed by atoms with Crippen LogP contribution in [0.25, 0.3) is 10.2 Å². The van der Waals surface area contributed by atoms with E-state index in [0.29, 0.717) is 11.4 Å². The highest BCUT2D eigenvalue weighted by Gasteiger charge is 2.21. The molecule has 0 unspecified atom stereocenters. The summed E-state index contributed by atoms with van der Waals surface area (Å²) in [6.45, 7) is 9.14. The number of aryl methyl sites for hydroxylation is 2. The van der Waals surface area contributed by atoms with E-state index in [2.05, 4.69) is 41.1 Å². The van der Waals surface area contributed by atoms with E-state index in [1.807, 2.05) is 0 Å². The monoisotopic (exact) mass is 445 g/mol. The van der Waals surface area contributed by atoms with E-state index in [4.69, 9.17) is 4.98 Å². The van der Waals surface area contributed by atoms with Crippen molar-refractivity contribution < 1.29 is 9.72 Å². The van der Waals surface area contributed by atoms with Crippen molar-refractivity contribution in [3.05, 3.63) is 50.4 Å². The molecule has 0 radical (unpaired) electrons. The minimum Gasteiger partial charge on any atom is -0.350 e. The van der Waals surface area contributed by atoms with Crippen LogP contribution in [-0.4, -0.2) is 60.0 Å². The Morgan fingerprint density at radius 3 is 2.53 bits per heavy atom. The van der Waals surface area contributed by atoms with E-state index < -0.39 is 4.92 Å². The number of nitrogens with zero attached hydrogens (tertiary/aromatic N) is 4. The zero-order chi connectivity index (χ0) is 21.3. The molecule has 158 valence electrons. The van der Waals surface area contributed by atoms with Crippen molar-refractivity contribution in [1.82, 2.24) is 15.2 Å². The molecule has 1 saturated heterocycles. The SMILES string of the molecule is Cc1ccc(C)c2sc(N3CCN(CCNC(=O)c4ccc([N+](=O)[O-])s4)CC3)nc12. The lowest BCUT2D eigenvalue weighted by Gasteiger charge is -2.34. The van der Waals surface area contributed by atoms with Crippen molar-refractivity contribution in [3.8, 4) is 0 Å². The topological polar surface area (TPSA) is 91.6 Å². The molecular weight excluding hydrogens is 422 g/mol. The molecule has 1 N–H and O–H groups in total. The van der Waals surface area contributed by atoms with Crippen LogP contribution >= 0.6 is 22.7 Å². The fourth-order valence-electron chi connectivity index (χ4n) is 3.51. The third-order valence-electron chi connectivity index (χ3n) is 5.28. The highest BCUT2D eigenvalue weighted by molar-refractivity contribution is 7.22. The van der Waals surface area contributed by atoms with Crippen LogP contribution in [0.4, 0.5) is 10.1 Å². The minimum atomic E-state index is -0.477. The number of fused-ring (bicyclic) bond motifs is 1. The molecule has 1 aliphatic rings. The first-order valence-electron chi connectivity index (χ1n) is 9.79. The molecule has 3 aromatic rings. The fraction of sp³-hybridized carbons (Fsp3) is 0.400. The molecule has 0 bridgehead atoms. The zero-order valence-electron chi connectivity index (χ0n) is 16.9. The Hall–Kier alpha value is -2.56. The molecule has 1 aromatic carbocycles. The number of aromatic nitrogens is 1. The van der Waals surface area contributed by atoms with Crippen LogP contribution in [0, 0.1) is 24.0 Å². The second-order valence-corrected chi connectivity index (χ2v) is 9.39. The Balaban J connectivity index is 1.27. The normalized spacial score (nSPS) is 14.9. The Morgan fingerprint density at radius 1 is 1.13 bits per heavy atom. The van der Waals surface area contributed by atoms with Crippen molar-refractivity contribution in [1.29, 1.82) is 0 Å². The Labute approximate surface area is 182 Å². The summed E-state index contributed by atoms with van der Waals surface area (Å²) in [6.07, 6.45) is 0. The molecule has 3 heterocycles. The van der Waals surface area contributed by atoms with Gasteiger partial charge < -0.3 is 10.2 Å². The van der Waals surface area contributed by atoms with Gasteiger partial charge in [0.1, 0.15) is 0 Å². The molecule has 0 atom stereocenters. The maximum absolute atomic E-state index is 12.1. The van der Waals surface area contributed by atoms with Crippen molar-refractivity contribution >= 4 is 48.9 Å². The van der Waals surface area contributed by atoms with Crippen molar-refractivity contribution in [2.75, 3.05) is 44.2 Å². The van der Waals surface area contributed by atoms with Gasteiger partial charge in [0, 0.05) is 45.3 Å². The highest BCUT2D eigenvalue weighted by atomic mass is 32.1. The average molecular weight is 446 g/mol. The summed E-state index contributed by atoms with van der Waals surface area (Å²) in [5.74, 6) is -0.257. The second kappa shape index (κ2) is 8.66. The maximum atomic E-state index is 12.1. The summed E-state index contributed by atoms with van der Waals surface area (Å²) < 4.78 is 1.27. The van der Waals surface area contributed by atoms with E-state index in [1.54, 1.807) is 11.3 Å². The molecule has 0 spiro atoms. The van der Waals surface area contributed by atoms with E-state index in [0.717, 1.165) is 54.7 Å². The average Bonchev–Trinajstić information content (AvgIpc) is 3.40. The van der Waals surface area contributed by atoms with E-state index in [9.17, 15) is 14.9 Å². The molecule has 8 nitrogen and oxygen atoms in total. The molecule has 1 fully saturated rings. The predicted octanol–water partition coefficient (Wildman–Crippen LogP) is 3.43. The predicted molar refractivity (Wildman–Crippen MR) is 121 cm³/mol. The smallest absolute Gasteiger partial charge is 0.324 e. The largest absolute Gasteiger partial charge is 0.350 e. The molecular formula is C20H23N5O3S2. The van der Waals surface area contributed by atoms with Gasteiger partial charge in [-0.1, -0.05) is 34.8 Å². The number of nitrogens with one attached hydrogen (secondary N) is 1. The zero-order valence-corrected chi connectivity index (χ0v) is 18.5. The molecule has 4 rings (SSSR count). The van der Waals surface area contributed by atoms with Crippen LogP contribution in [0.3, 0.4) is 0 Å². The number of thiophene rings is 1. The quantitative estimate of drug-likeness (QED) is 0.462. The van der Waals surface area contributed by atoms with Crippen molar-refractivity contribution in [3.63, 3.8) is 0 Å². The lowest BCUT2D eigenvalue weighted by molar-refractivity contribution is -0.380. The number of thiazole rings is 1. The molecule has 30 heavy (non-hydrogen) atoms. The van der Waals surface area contributed by atoms with Gasteiger partial charge in [-0.2, -0.15) is 0 Å². The first-order chi connectivity index (χ1) is 14.4. The Bertz CT molecular complexity index is 1050. The number of hydrogen-bond acceptors (Lipinski definition) is 8. The van der Waals surface area contributed by atoms with E-state index in [1.165, 1.54) is 28.0 Å². The number of rotatable bonds is 6. The van der Waals surface area contributed by atoms with Gasteiger partial charge >= 0.3 is 5.00 Å². The fourth-order valence-corrected chi connectivity index (χ4v) is 5.41. The third kappa shape index (κ3) is 4.30. The van der Waals surface area contributed by atoms with Crippen LogP contribution in [0.2, 0.25) is 0 Å². The first kappa shape index (κ1) is 20.7. The molecule has 1 amide bonds. The third-order valence-corrected chi connectivity index (χ3v) is 7.57. The summed E-state index contributed by atoms with van der Waals surface area (Å²) in [5.41, 5.74) is 3.59. The number of benzene rings is 1. The molecule has 0 saturated carbocycles. The van der Waals surface area contributed by atoms with E-state index in [-0.39, 0.29) is 10.9 Å². The maximum Gasteiger partial charge on any atom is 0.324 e. The van der Waals surface area contributed by atoms with Crippen molar-refractivity contribution in [2.45, 2.75) is 13.8 Å². The van der Waals surface area contributed by atoms with Crippen LogP contribution in [0.15, 0.2) is 24.3 Å². The van der Waals surface area contributed by atoms with Gasteiger partial charge in [-0.25, -0.2) is 4.98 Å². The molecule has 1 aliphatic heterocycles. The molecule has 0 aliphatic carbocycles. The van der Waals surface area contributed by atoms with Gasteiger partial charge in [-0.3, -0.25) is 19.8 Å². The highest BCUT2D eigenvalue weighted by Crippen LogP contribution is 2.33. The lowest BCUT2D eigenvalue weighted by atomic mass is 10.1. The van der Waals surface area contributed by atoms with E-state index >= 15 is 0 Å². The van der Waals surface area contributed by atoms with Crippen LogP contribution in [0.1, 0.15) is 20.8 Å². The summed E-state index contributed by atoms with van der Waals surface area (Å²) in [4.78, 5) is 32.3. The summed E-state index contributed by atoms with van der Waals surface area (Å²) in [5, 5.41) is 14.7. The number of nitro groups is 1. The lowest BCUT2D eigenvalue weighted by Crippen LogP contribution is -2.48. The van der Waals surface area contributed by atoms with Crippen LogP contribution in [-0.2, 0) is 0 Å². The first-order valence-corrected chi connectivity index (χ1v) is 11.4. The van der Waals surface area contributed by atoms with Gasteiger partial charge in [0.05, 0.1) is 20.0 Å². The second-order valence-electron chi connectivity index (χ2n) is 7.35. The summed E-state index contributed by atoms with van der Waals surface area (Å²) in [6, 6.07) is 7.14. The van der Waals surface area contributed by atoms with Gasteiger partial charge in [-0.05, 0) is 31.0 Å². The molecule has 10 heteroatoms. The number of carbonyl (C=O) groups excluding carboxylic acids is 1. The summed E-state index contributed by atoms with van der Waals surface area (Å²) in [7, 11) is 0. The number of carbonyl (C=O) groups is 1. The van der Waals surface area contributed by atoms with Gasteiger partial charge in [-0.15, -0.1) is 0 Å². The Kier molecular flexibility index (Phi) is 5.98. The molecule has 2 aromatic heterocycles. The van der Waals surface area contributed by atoms with Gasteiger partial charge in [0.2, 0.25) is 0 Å². The van der Waals surface area contributed by atoms with Crippen molar-refractivity contribution in [2.24, 2.45) is 0 Å². The van der Waals surface area contributed by atoms with Gasteiger partial charge in [0.15, 0.2) is 5.13 Å². The van der Waals surface area contributed by atoms with Gasteiger partial charge in [0.25, 0.3) is 5.91 Å². The summed E-state index contributed by atoms with van der Waals surface area (Å²) >= 11 is 2.66. The van der Waals surface area contributed by atoms with Crippen LogP contribution in [0.5, 0.6) is 0 Å². The minimum absolute atomic E-state index is 0.0171. The number of piperazine rings is 1. The number of amides is 1.